The molecule has 1 fully saturated rings. The summed E-state index contributed by atoms with van der Waals surface area (Å²) in [6.45, 7) is 8.71. The first-order valence-electron chi connectivity index (χ1n) is 5.63. The lowest BCUT2D eigenvalue weighted by Gasteiger charge is -2.14. The van der Waals surface area contributed by atoms with Crippen LogP contribution >= 0.6 is 0 Å². The zero-order chi connectivity index (χ0) is 13.3. The van der Waals surface area contributed by atoms with Gasteiger partial charge in [0.2, 0.25) is 0 Å². The number of ether oxygens (including phenoxy) is 1. The van der Waals surface area contributed by atoms with Gasteiger partial charge in [-0.3, -0.25) is 14.3 Å². The van der Waals surface area contributed by atoms with Crippen LogP contribution < -0.4 is 11.2 Å². The molecular formula is C11H13N3O4. The Morgan fingerprint density at radius 3 is 2.94 bits per heavy atom. The minimum atomic E-state index is -0.711. The van der Waals surface area contributed by atoms with E-state index in [1.54, 1.807) is 0 Å². The van der Waals surface area contributed by atoms with Crippen molar-refractivity contribution in [1.82, 2.24) is 9.55 Å². The van der Waals surface area contributed by atoms with Gasteiger partial charge in [0.15, 0.2) is 0 Å². The molecule has 7 heteroatoms. The number of rotatable bonds is 2. The molecule has 7 nitrogen and oxygen atoms in total. The van der Waals surface area contributed by atoms with Crippen LogP contribution in [-0.2, 0) is 4.74 Å². The number of aliphatic hydroxyl groups is 1. The number of aromatic nitrogens is 2. The van der Waals surface area contributed by atoms with Gasteiger partial charge in [-0.05, 0) is 6.42 Å². The van der Waals surface area contributed by atoms with Crippen molar-refractivity contribution in [1.29, 1.82) is 0 Å². The molecule has 0 saturated carbocycles. The summed E-state index contributed by atoms with van der Waals surface area (Å²) >= 11 is 0. The van der Waals surface area contributed by atoms with Crippen LogP contribution in [-0.4, -0.2) is 26.9 Å². The Morgan fingerprint density at radius 1 is 1.67 bits per heavy atom. The third kappa shape index (κ3) is 2.08. The van der Waals surface area contributed by atoms with E-state index in [4.69, 9.17) is 11.3 Å². The number of H-pyrrole nitrogens is 1. The maximum absolute atomic E-state index is 11.6. The van der Waals surface area contributed by atoms with E-state index in [1.807, 2.05) is 6.92 Å². The molecule has 3 atom stereocenters. The van der Waals surface area contributed by atoms with Gasteiger partial charge in [-0.15, -0.1) is 0 Å². The van der Waals surface area contributed by atoms with Crippen LogP contribution in [0.4, 0.5) is 5.69 Å². The molecular weight excluding hydrogens is 238 g/mol. The summed E-state index contributed by atoms with van der Waals surface area (Å²) in [7, 11) is 0. The highest BCUT2D eigenvalue weighted by atomic mass is 16.5. The molecule has 1 aliphatic heterocycles. The summed E-state index contributed by atoms with van der Waals surface area (Å²) in [5.74, 6) is 0. The normalized spacial score (nSPS) is 27.1. The van der Waals surface area contributed by atoms with Crippen molar-refractivity contribution in [3.63, 3.8) is 0 Å². The first-order chi connectivity index (χ1) is 8.56. The Morgan fingerprint density at radius 2 is 2.39 bits per heavy atom. The highest BCUT2D eigenvalue weighted by Gasteiger charge is 2.34. The first-order valence-corrected chi connectivity index (χ1v) is 5.63. The highest BCUT2D eigenvalue weighted by molar-refractivity contribution is 5.38. The topological polar surface area (TPSA) is 88.7 Å². The average molecular weight is 251 g/mol. The van der Waals surface area contributed by atoms with E-state index in [1.165, 1.54) is 6.20 Å². The monoisotopic (exact) mass is 251 g/mol. The van der Waals surface area contributed by atoms with Gasteiger partial charge in [-0.1, -0.05) is 6.92 Å². The van der Waals surface area contributed by atoms with Crippen LogP contribution in [0, 0.1) is 6.57 Å². The van der Waals surface area contributed by atoms with Crippen molar-refractivity contribution in [3.8, 4) is 0 Å². The zero-order valence-corrected chi connectivity index (χ0v) is 9.79. The Bertz CT molecular complexity index is 598. The molecule has 0 spiro atoms. The molecule has 18 heavy (non-hydrogen) atoms. The second-order valence-corrected chi connectivity index (χ2v) is 4.13. The van der Waals surface area contributed by atoms with Crippen molar-refractivity contribution in [2.75, 3.05) is 0 Å². The van der Waals surface area contributed by atoms with Crippen LogP contribution in [0.5, 0.6) is 0 Å². The predicted octanol–water partition coefficient (Wildman–Crippen LogP) is 0.146. The van der Waals surface area contributed by atoms with Crippen LogP contribution in [0.1, 0.15) is 26.0 Å². The fourth-order valence-corrected chi connectivity index (χ4v) is 2.02. The fourth-order valence-electron chi connectivity index (χ4n) is 2.02. The van der Waals surface area contributed by atoms with Crippen molar-refractivity contribution in [3.05, 3.63) is 38.5 Å². The van der Waals surface area contributed by atoms with Gasteiger partial charge in [0.25, 0.3) is 11.2 Å². The molecule has 1 aromatic heterocycles. The van der Waals surface area contributed by atoms with E-state index in [0.29, 0.717) is 6.42 Å². The zero-order valence-electron chi connectivity index (χ0n) is 9.79. The lowest BCUT2D eigenvalue weighted by atomic mass is 10.1. The van der Waals surface area contributed by atoms with Crippen molar-refractivity contribution >= 4 is 5.69 Å². The van der Waals surface area contributed by atoms with E-state index < -0.39 is 23.6 Å². The number of hydrogen-bond donors (Lipinski definition) is 2. The molecule has 1 aliphatic rings. The summed E-state index contributed by atoms with van der Waals surface area (Å²) in [5.41, 5.74) is -1.52. The van der Waals surface area contributed by atoms with E-state index >= 15 is 0 Å². The lowest BCUT2D eigenvalue weighted by molar-refractivity contribution is -0.0216. The van der Waals surface area contributed by atoms with Crippen molar-refractivity contribution in [2.24, 2.45) is 0 Å². The predicted molar refractivity (Wildman–Crippen MR) is 62.4 cm³/mol. The maximum atomic E-state index is 11.6. The standard InChI is InChI=1S/C11H13N3O4/c1-3-8-7(15)4-9(18-8)14-5-6(12-2)10(16)13-11(14)17/h5,7-9,15H,3-4H2,1H3,(H,13,16,17)/t7?,8-,9-/m1/s1. The number of nitrogens with one attached hydrogen (secondary N) is 1. The minimum Gasteiger partial charge on any atom is -0.390 e. The number of hydrogen-bond acceptors (Lipinski definition) is 4. The van der Waals surface area contributed by atoms with Gasteiger partial charge >= 0.3 is 5.69 Å². The summed E-state index contributed by atoms with van der Waals surface area (Å²) < 4.78 is 6.66. The summed E-state index contributed by atoms with van der Waals surface area (Å²) in [4.78, 5) is 28.0. The molecule has 2 heterocycles. The lowest BCUT2D eigenvalue weighted by Crippen LogP contribution is -2.31. The molecule has 0 amide bonds. The van der Waals surface area contributed by atoms with Crippen molar-refractivity contribution < 1.29 is 9.84 Å². The number of aliphatic hydroxyl groups excluding tert-OH is 1. The quantitative estimate of drug-likeness (QED) is 0.732. The van der Waals surface area contributed by atoms with Gasteiger partial charge in [-0.25, -0.2) is 9.64 Å². The molecule has 0 aliphatic carbocycles. The first kappa shape index (κ1) is 12.5. The highest BCUT2D eigenvalue weighted by Crippen LogP contribution is 2.29. The molecule has 0 radical (unpaired) electrons. The minimum absolute atomic E-state index is 0.173. The Kier molecular flexibility index (Phi) is 3.32. The van der Waals surface area contributed by atoms with Crippen molar-refractivity contribution in [2.45, 2.75) is 38.2 Å². The molecule has 2 N–H and O–H groups in total. The Balaban J connectivity index is 2.39. The number of aromatic amines is 1. The van der Waals surface area contributed by atoms with Crippen LogP contribution in [0.25, 0.3) is 4.85 Å². The average Bonchev–Trinajstić information content (AvgIpc) is 2.70. The molecule has 1 saturated heterocycles. The van der Waals surface area contributed by atoms with Crippen LogP contribution in [0.15, 0.2) is 15.8 Å². The molecule has 1 unspecified atom stereocenters. The number of nitrogens with zero attached hydrogens (tertiary/aromatic N) is 2. The van der Waals surface area contributed by atoms with E-state index in [-0.39, 0.29) is 18.2 Å². The van der Waals surface area contributed by atoms with E-state index in [0.717, 1.165) is 4.57 Å². The van der Waals surface area contributed by atoms with Gasteiger partial charge in [-0.2, -0.15) is 0 Å². The van der Waals surface area contributed by atoms with Gasteiger partial charge in [0.1, 0.15) is 6.23 Å². The molecule has 0 aromatic carbocycles. The molecule has 2 rings (SSSR count). The maximum Gasteiger partial charge on any atom is 0.328 e. The van der Waals surface area contributed by atoms with Crippen LogP contribution in [0.3, 0.4) is 0 Å². The second-order valence-electron chi connectivity index (χ2n) is 4.13. The molecule has 1 aromatic rings. The van der Waals surface area contributed by atoms with Gasteiger partial charge in [0, 0.05) is 12.6 Å². The largest absolute Gasteiger partial charge is 0.390 e. The third-order valence-electron chi connectivity index (χ3n) is 2.99. The summed E-state index contributed by atoms with van der Waals surface area (Å²) in [6, 6.07) is 0. The van der Waals surface area contributed by atoms with Gasteiger partial charge < -0.3 is 9.84 Å². The molecule has 0 bridgehead atoms. The second kappa shape index (κ2) is 4.76. The third-order valence-corrected chi connectivity index (χ3v) is 2.99. The Hall–Kier alpha value is -1.91. The Labute approximate surface area is 102 Å². The molecule has 96 valence electrons. The van der Waals surface area contributed by atoms with Crippen LogP contribution in [0.2, 0.25) is 0 Å². The summed E-state index contributed by atoms with van der Waals surface area (Å²) in [6.07, 6.45) is 0.451. The summed E-state index contributed by atoms with van der Waals surface area (Å²) in [5, 5.41) is 9.72. The smallest absolute Gasteiger partial charge is 0.328 e. The SMILES string of the molecule is [C-]#[N+]c1cn([C@H]2CC(O)[C@@H](CC)O2)c(=O)[nH]c1=O. The van der Waals surface area contributed by atoms with E-state index in [2.05, 4.69) is 9.83 Å². The fraction of sp³-hybridized carbons (Fsp3) is 0.545. The van der Waals surface area contributed by atoms with E-state index in [9.17, 15) is 14.7 Å². The van der Waals surface area contributed by atoms with Gasteiger partial charge in [0.05, 0.1) is 18.8 Å².